The number of aromatic nitrogens is 2. The van der Waals surface area contributed by atoms with Crippen molar-refractivity contribution < 1.29 is 18.8 Å². The number of nitrogens with one attached hydrogen (secondary N) is 1. The molecule has 2 heterocycles. The number of carbonyl (C=O) groups excluding carboxylic acids is 2. The van der Waals surface area contributed by atoms with E-state index in [1.165, 1.54) is 0 Å². The molecular formula is C23H19N3O4. The smallest absolute Gasteiger partial charge is 0.339 e. The average Bonchev–Trinajstić information content (AvgIpc) is 3.16. The van der Waals surface area contributed by atoms with Gasteiger partial charge in [-0.15, -0.1) is 0 Å². The highest BCUT2D eigenvalue weighted by Crippen LogP contribution is 2.30. The van der Waals surface area contributed by atoms with E-state index in [4.69, 9.17) is 14.2 Å². The molecule has 150 valence electrons. The number of esters is 1. The number of hydrogen-bond acceptors (Lipinski definition) is 6. The van der Waals surface area contributed by atoms with Crippen molar-refractivity contribution in [3.8, 4) is 11.3 Å². The van der Waals surface area contributed by atoms with Crippen molar-refractivity contribution in [3.05, 3.63) is 77.6 Å². The Bertz CT molecular complexity index is 1230. The highest BCUT2D eigenvalue weighted by molar-refractivity contribution is 6.07. The van der Waals surface area contributed by atoms with Crippen LogP contribution < -0.4 is 5.32 Å². The minimum absolute atomic E-state index is 0.269. The zero-order valence-electron chi connectivity index (χ0n) is 16.5. The maximum Gasteiger partial charge on any atom is 0.339 e. The number of amides is 1. The van der Waals surface area contributed by atoms with E-state index in [0.717, 1.165) is 5.56 Å². The number of carbonyl (C=O) groups is 2. The van der Waals surface area contributed by atoms with Gasteiger partial charge < -0.3 is 14.6 Å². The van der Waals surface area contributed by atoms with Gasteiger partial charge in [0.25, 0.3) is 5.91 Å². The Labute approximate surface area is 172 Å². The molecule has 4 aromatic rings. The second-order valence-electron chi connectivity index (χ2n) is 6.79. The van der Waals surface area contributed by atoms with Crippen molar-refractivity contribution >= 4 is 28.6 Å². The van der Waals surface area contributed by atoms with E-state index in [0.29, 0.717) is 33.5 Å². The molecule has 0 aliphatic heterocycles. The summed E-state index contributed by atoms with van der Waals surface area (Å²) in [5.41, 5.74) is 3.36. The van der Waals surface area contributed by atoms with Crippen molar-refractivity contribution in [1.29, 1.82) is 0 Å². The first kappa shape index (κ1) is 19.3. The number of aryl methyl sites for hydroxylation is 1. The molecule has 1 N–H and O–H groups in total. The van der Waals surface area contributed by atoms with Crippen LogP contribution in [-0.2, 0) is 9.53 Å². The molecule has 0 saturated heterocycles. The van der Waals surface area contributed by atoms with Crippen molar-refractivity contribution in [3.63, 3.8) is 0 Å². The fraction of sp³-hybridized carbons (Fsp3) is 0.130. The van der Waals surface area contributed by atoms with Gasteiger partial charge in [-0.05, 0) is 25.5 Å². The monoisotopic (exact) mass is 401 g/mol. The number of pyridine rings is 1. The zero-order valence-corrected chi connectivity index (χ0v) is 16.5. The highest BCUT2D eigenvalue weighted by atomic mass is 16.5. The van der Waals surface area contributed by atoms with Crippen LogP contribution in [0.15, 0.2) is 65.2 Å². The van der Waals surface area contributed by atoms with Crippen molar-refractivity contribution in [2.75, 3.05) is 11.9 Å². The summed E-state index contributed by atoms with van der Waals surface area (Å²) in [6.45, 7) is 3.10. The highest BCUT2D eigenvalue weighted by Gasteiger charge is 2.21. The lowest BCUT2D eigenvalue weighted by Crippen LogP contribution is -2.21. The summed E-state index contributed by atoms with van der Waals surface area (Å²) in [5.74, 6) is -0.259. The Balaban J connectivity index is 1.63. The van der Waals surface area contributed by atoms with Crippen molar-refractivity contribution in [1.82, 2.24) is 10.1 Å². The third kappa shape index (κ3) is 3.91. The van der Waals surface area contributed by atoms with Crippen LogP contribution in [-0.4, -0.2) is 28.6 Å². The summed E-state index contributed by atoms with van der Waals surface area (Å²) in [6, 6.07) is 18.6. The maximum absolute atomic E-state index is 13.0. The molecule has 30 heavy (non-hydrogen) atoms. The largest absolute Gasteiger partial charge is 0.452 e. The number of anilines is 1. The predicted octanol–water partition coefficient (Wildman–Crippen LogP) is 4.30. The van der Waals surface area contributed by atoms with E-state index in [1.807, 2.05) is 61.5 Å². The lowest BCUT2D eigenvalue weighted by molar-refractivity contribution is -0.119. The Morgan fingerprint density at radius 2 is 1.77 bits per heavy atom. The van der Waals surface area contributed by atoms with Crippen LogP contribution in [0.25, 0.3) is 22.2 Å². The Morgan fingerprint density at radius 1 is 1.03 bits per heavy atom. The molecule has 0 unspecified atom stereocenters. The second-order valence-corrected chi connectivity index (χ2v) is 6.79. The molecule has 7 heteroatoms. The van der Waals surface area contributed by atoms with Crippen LogP contribution in [0.2, 0.25) is 0 Å². The lowest BCUT2D eigenvalue weighted by atomic mass is 9.98. The standard InChI is InChI=1S/C23H19N3O4/c1-14-12-19(26-30-14)25-20(27)13-29-23(28)21-15(2)22(16-8-4-3-5-9-16)24-18-11-7-6-10-17(18)21/h3-12H,13H2,1-2H3,(H,25,26,27). The fourth-order valence-electron chi connectivity index (χ4n) is 3.25. The number of para-hydroxylation sites is 1. The van der Waals surface area contributed by atoms with Crippen LogP contribution in [0.5, 0.6) is 0 Å². The molecule has 0 aliphatic carbocycles. The van der Waals surface area contributed by atoms with Crippen LogP contribution >= 0.6 is 0 Å². The molecule has 0 radical (unpaired) electrons. The van der Waals surface area contributed by atoms with Gasteiger partial charge in [-0.1, -0.05) is 53.7 Å². The lowest BCUT2D eigenvalue weighted by Gasteiger charge is -2.14. The molecule has 0 aliphatic rings. The van der Waals surface area contributed by atoms with Crippen LogP contribution in [0.3, 0.4) is 0 Å². The molecule has 0 fully saturated rings. The second kappa shape index (κ2) is 8.16. The van der Waals surface area contributed by atoms with Crippen molar-refractivity contribution in [2.24, 2.45) is 0 Å². The zero-order chi connectivity index (χ0) is 21.1. The van der Waals surface area contributed by atoms with Crippen molar-refractivity contribution in [2.45, 2.75) is 13.8 Å². The molecule has 4 rings (SSSR count). The molecular weight excluding hydrogens is 382 g/mol. The average molecular weight is 401 g/mol. The number of hydrogen-bond donors (Lipinski definition) is 1. The van der Waals surface area contributed by atoms with E-state index in [-0.39, 0.29) is 5.82 Å². The van der Waals surface area contributed by atoms with Gasteiger partial charge in [0.05, 0.1) is 16.8 Å². The normalized spacial score (nSPS) is 10.7. The topological polar surface area (TPSA) is 94.3 Å². The minimum Gasteiger partial charge on any atom is -0.452 e. The Kier molecular flexibility index (Phi) is 5.26. The molecule has 0 bridgehead atoms. The van der Waals surface area contributed by atoms with E-state index < -0.39 is 18.5 Å². The van der Waals surface area contributed by atoms with Gasteiger partial charge in [0, 0.05) is 17.0 Å². The molecule has 0 saturated carbocycles. The molecule has 0 spiro atoms. The van der Waals surface area contributed by atoms with E-state index in [2.05, 4.69) is 10.5 Å². The van der Waals surface area contributed by atoms with Gasteiger partial charge in [-0.2, -0.15) is 0 Å². The molecule has 1 amide bonds. The molecule has 0 atom stereocenters. The first-order valence-electron chi connectivity index (χ1n) is 9.38. The number of benzene rings is 2. The predicted molar refractivity (Wildman–Crippen MR) is 112 cm³/mol. The molecule has 2 aromatic carbocycles. The Hall–Kier alpha value is -4.00. The van der Waals surface area contributed by atoms with Gasteiger partial charge in [-0.25, -0.2) is 9.78 Å². The summed E-state index contributed by atoms with van der Waals surface area (Å²) >= 11 is 0. The number of fused-ring (bicyclic) bond motifs is 1. The summed E-state index contributed by atoms with van der Waals surface area (Å²) in [7, 11) is 0. The van der Waals surface area contributed by atoms with Gasteiger partial charge in [0.1, 0.15) is 5.76 Å². The van der Waals surface area contributed by atoms with Crippen LogP contribution in [0.4, 0.5) is 5.82 Å². The molecule has 7 nitrogen and oxygen atoms in total. The third-order valence-corrected chi connectivity index (χ3v) is 4.62. The van der Waals surface area contributed by atoms with E-state index >= 15 is 0 Å². The summed E-state index contributed by atoms with van der Waals surface area (Å²) in [6.07, 6.45) is 0. The van der Waals surface area contributed by atoms with Gasteiger partial charge in [-0.3, -0.25) is 4.79 Å². The summed E-state index contributed by atoms with van der Waals surface area (Å²) in [5, 5.41) is 6.88. The van der Waals surface area contributed by atoms with E-state index in [9.17, 15) is 9.59 Å². The third-order valence-electron chi connectivity index (χ3n) is 4.62. The van der Waals surface area contributed by atoms with E-state index in [1.54, 1.807) is 13.0 Å². The summed E-state index contributed by atoms with van der Waals surface area (Å²) < 4.78 is 10.2. The molecule has 2 aromatic heterocycles. The summed E-state index contributed by atoms with van der Waals surface area (Å²) in [4.78, 5) is 29.8. The van der Waals surface area contributed by atoms with Gasteiger partial charge in [0.15, 0.2) is 12.4 Å². The number of ether oxygens (including phenoxy) is 1. The first-order valence-corrected chi connectivity index (χ1v) is 9.38. The van der Waals surface area contributed by atoms with Crippen LogP contribution in [0.1, 0.15) is 21.7 Å². The fourth-order valence-corrected chi connectivity index (χ4v) is 3.25. The van der Waals surface area contributed by atoms with Gasteiger partial charge in [0.2, 0.25) is 0 Å². The first-order chi connectivity index (χ1) is 14.5. The Morgan fingerprint density at radius 3 is 2.50 bits per heavy atom. The van der Waals surface area contributed by atoms with Gasteiger partial charge >= 0.3 is 5.97 Å². The number of rotatable bonds is 5. The maximum atomic E-state index is 13.0. The SMILES string of the molecule is Cc1cc(NC(=O)COC(=O)c2c(C)c(-c3ccccc3)nc3ccccc23)no1. The number of nitrogens with zero attached hydrogens (tertiary/aromatic N) is 2. The minimum atomic E-state index is -0.588. The van der Waals surface area contributed by atoms with Crippen LogP contribution in [0, 0.1) is 13.8 Å². The quantitative estimate of drug-likeness (QED) is 0.501.